The van der Waals surface area contributed by atoms with Crippen LogP contribution in [-0.4, -0.2) is 38.6 Å². The second kappa shape index (κ2) is 4.77. The van der Waals surface area contributed by atoms with Crippen LogP contribution in [0.15, 0.2) is 23.3 Å². The molecule has 19 heavy (non-hydrogen) atoms. The van der Waals surface area contributed by atoms with Crippen LogP contribution in [0.4, 0.5) is 0 Å². The summed E-state index contributed by atoms with van der Waals surface area (Å²) in [4.78, 5) is 39.8. The van der Waals surface area contributed by atoms with E-state index in [0.717, 1.165) is 0 Å². The fourth-order valence-corrected chi connectivity index (χ4v) is 1.58. The first kappa shape index (κ1) is 12.6. The predicted molar refractivity (Wildman–Crippen MR) is 64.0 cm³/mol. The molecule has 0 aliphatic heterocycles. The number of rotatable bonds is 3. The van der Waals surface area contributed by atoms with Crippen LogP contribution in [0.2, 0.25) is 0 Å². The molecule has 98 valence electrons. The molecule has 4 N–H and O–H groups in total. The van der Waals surface area contributed by atoms with Gasteiger partial charge in [-0.05, 0) is 6.07 Å². The Balaban J connectivity index is 2.51. The van der Waals surface area contributed by atoms with Gasteiger partial charge in [0.25, 0.3) is 11.5 Å². The second-order valence-corrected chi connectivity index (χ2v) is 3.68. The van der Waals surface area contributed by atoms with Crippen LogP contribution < -0.4 is 10.9 Å². The lowest BCUT2D eigenvalue weighted by Gasteiger charge is -2.06. The van der Waals surface area contributed by atoms with E-state index in [1.165, 1.54) is 18.5 Å². The molecule has 0 aliphatic rings. The van der Waals surface area contributed by atoms with E-state index in [1.54, 1.807) is 0 Å². The van der Waals surface area contributed by atoms with Gasteiger partial charge in [-0.2, -0.15) is 0 Å². The van der Waals surface area contributed by atoms with Crippen molar-refractivity contribution in [3.8, 4) is 5.75 Å². The molecule has 2 rings (SSSR count). The molecular weight excluding hydrogens is 254 g/mol. The normalized spacial score (nSPS) is 10.3. The average Bonchev–Trinajstić information content (AvgIpc) is 2.36. The maximum atomic E-state index is 11.7. The molecule has 0 aromatic carbocycles. The molecule has 2 aromatic heterocycles. The Morgan fingerprint density at radius 2 is 2.16 bits per heavy atom. The number of aliphatic carboxylic acids is 1. The number of nitrogens with one attached hydrogen (secondary N) is 2. The summed E-state index contributed by atoms with van der Waals surface area (Å²) < 4.78 is 0. The smallest absolute Gasteiger partial charge is 0.322 e. The van der Waals surface area contributed by atoms with Crippen molar-refractivity contribution in [2.45, 2.75) is 0 Å². The molecule has 0 saturated heterocycles. The first-order valence-electron chi connectivity index (χ1n) is 5.19. The zero-order valence-electron chi connectivity index (χ0n) is 9.51. The first-order valence-corrected chi connectivity index (χ1v) is 5.19. The minimum atomic E-state index is -1.26. The summed E-state index contributed by atoms with van der Waals surface area (Å²) in [5, 5.41) is 20.6. The highest BCUT2D eigenvalue weighted by Crippen LogP contribution is 2.23. The van der Waals surface area contributed by atoms with E-state index in [2.05, 4.69) is 9.97 Å². The summed E-state index contributed by atoms with van der Waals surface area (Å²) in [6.07, 6.45) is 2.72. The lowest BCUT2D eigenvalue weighted by molar-refractivity contribution is -0.135. The second-order valence-electron chi connectivity index (χ2n) is 3.68. The van der Waals surface area contributed by atoms with E-state index < -0.39 is 35.3 Å². The minimum absolute atomic E-state index is 0.245. The molecule has 8 heteroatoms. The van der Waals surface area contributed by atoms with Crippen LogP contribution >= 0.6 is 0 Å². The molecule has 0 radical (unpaired) electrons. The number of aromatic nitrogens is 2. The fourth-order valence-electron chi connectivity index (χ4n) is 1.58. The van der Waals surface area contributed by atoms with Crippen molar-refractivity contribution in [3.63, 3.8) is 0 Å². The molecule has 0 aliphatic carbocycles. The van der Waals surface area contributed by atoms with Crippen LogP contribution in [0.25, 0.3) is 10.9 Å². The highest BCUT2D eigenvalue weighted by Gasteiger charge is 2.19. The zero-order chi connectivity index (χ0) is 14.0. The van der Waals surface area contributed by atoms with Gasteiger partial charge < -0.3 is 20.5 Å². The Labute approximate surface area is 105 Å². The number of aromatic hydroxyl groups is 1. The van der Waals surface area contributed by atoms with E-state index in [4.69, 9.17) is 5.11 Å². The van der Waals surface area contributed by atoms with E-state index in [0.29, 0.717) is 0 Å². The van der Waals surface area contributed by atoms with Crippen LogP contribution in [0.1, 0.15) is 10.4 Å². The van der Waals surface area contributed by atoms with Crippen LogP contribution in [-0.2, 0) is 4.79 Å². The molecule has 2 heterocycles. The van der Waals surface area contributed by atoms with Gasteiger partial charge in [0.1, 0.15) is 17.9 Å². The van der Waals surface area contributed by atoms with Crippen LogP contribution in [0, 0.1) is 0 Å². The maximum absolute atomic E-state index is 11.7. The number of fused-ring (bicyclic) bond motifs is 1. The molecule has 0 saturated carbocycles. The Bertz CT molecular complexity index is 722. The Hall–Kier alpha value is -2.90. The standard InChI is InChI=1S/C11H9N3O5/c15-7(16)4-13-10(18)8-9(17)5-1-2-12-3-6(5)14-11(8)19/h1-3H,4H2,(H,13,18)(H,15,16)(H2,14,17,19). The fraction of sp³-hybridized carbons (Fsp3) is 0.0909. The van der Waals surface area contributed by atoms with Crippen molar-refractivity contribution >= 4 is 22.8 Å². The van der Waals surface area contributed by atoms with Crippen molar-refractivity contribution < 1.29 is 19.8 Å². The number of nitrogens with zero attached hydrogens (tertiary/aromatic N) is 1. The third-order valence-electron chi connectivity index (χ3n) is 2.42. The summed E-state index contributed by atoms with van der Waals surface area (Å²) in [6, 6.07) is 1.43. The highest BCUT2D eigenvalue weighted by molar-refractivity contribution is 6.02. The first-order chi connectivity index (χ1) is 9.00. The van der Waals surface area contributed by atoms with E-state index in [1.807, 2.05) is 5.32 Å². The van der Waals surface area contributed by atoms with Gasteiger partial charge in [-0.3, -0.25) is 19.4 Å². The molecule has 0 fully saturated rings. The van der Waals surface area contributed by atoms with E-state index in [9.17, 15) is 19.5 Å². The minimum Gasteiger partial charge on any atom is -0.506 e. The molecule has 0 spiro atoms. The lowest BCUT2D eigenvalue weighted by Crippen LogP contribution is -2.33. The maximum Gasteiger partial charge on any atom is 0.322 e. The summed E-state index contributed by atoms with van der Waals surface area (Å²) in [5.74, 6) is -2.72. The molecule has 8 nitrogen and oxygen atoms in total. The number of carbonyl (C=O) groups is 2. The molecule has 0 bridgehead atoms. The summed E-state index contributed by atoms with van der Waals surface area (Å²) in [6.45, 7) is -0.647. The topological polar surface area (TPSA) is 132 Å². The third-order valence-corrected chi connectivity index (χ3v) is 2.42. The zero-order valence-corrected chi connectivity index (χ0v) is 9.51. The van der Waals surface area contributed by atoms with Crippen molar-refractivity contribution in [2.75, 3.05) is 6.54 Å². The number of carbonyl (C=O) groups excluding carboxylic acids is 1. The van der Waals surface area contributed by atoms with Gasteiger partial charge in [-0.15, -0.1) is 0 Å². The Morgan fingerprint density at radius 1 is 1.42 bits per heavy atom. The number of hydrogen-bond donors (Lipinski definition) is 4. The van der Waals surface area contributed by atoms with Crippen LogP contribution in [0.3, 0.4) is 0 Å². The summed E-state index contributed by atoms with van der Waals surface area (Å²) >= 11 is 0. The average molecular weight is 263 g/mol. The number of H-pyrrole nitrogens is 1. The van der Waals surface area contributed by atoms with Crippen molar-refractivity contribution in [2.24, 2.45) is 0 Å². The van der Waals surface area contributed by atoms with Crippen molar-refractivity contribution in [3.05, 3.63) is 34.4 Å². The summed E-state index contributed by atoms with van der Waals surface area (Å²) in [5.41, 5.74) is -1.07. The van der Waals surface area contributed by atoms with Gasteiger partial charge in [0.05, 0.1) is 11.7 Å². The largest absolute Gasteiger partial charge is 0.506 e. The Morgan fingerprint density at radius 3 is 2.84 bits per heavy atom. The van der Waals surface area contributed by atoms with Gasteiger partial charge in [0.15, 0.2) is 0 Å². The number of pyridine rings is 2. The Kier molecular flexibility index (Phi) is 3.15. The van der Waals surface area contributed by atoms with Crippen LogP contribution in [0.5, 0.6) is 5.75 Å². The quantitative estimate of drug-likeness (QED) is 0.587. The number of aromatic amines is 1. The molecule has 0 atom stereocenters. The van der Waals surface area contributed by atoms with Gasteiger partial charge in [0, 0.05) is 11.6 Å². The third kappa shape index (κ3) is 2.37. The monoisotopic (exact) mass is 263 g/mol. The predicted octanol–water partition coefficient (Wildman–Crippen LogP) is -0.557. The van der Waals surface area contributed by atoms with Gasteiger partial charge in [0.2, 0.25) is 0 Å². The van der Waals surface area contributed by atoms with E-state index >= 15 is 0 Å². The number of amides is 1. The molecular formula is C11H9N3O5. The SMILES string of the molecule is O=C(O)CNC(=O)c1c(O)c2ccncc2[nH]c1=O. The number of carboxylic acids is 1. The molecule has 2 aromatic rings. The van der Waals surface area contributed by atoms with E-state index in [-0.39, 0.29) is 10.9 Å². The van der Waals surface area contributed by atoms with Gasteiger partial charge >= 0.3 is 5.97 Å². The molecule has 0 unspecified atom stereocenters. The number of carboxylic acid groups (broad SMARTS) is 1. The highest BCUT2D eigenvalue weighted by atomic mass is 16.4. The van der Waals surface area contributed by atoms with Gasteiger partial charge in [-0.25, -0.2) is 0 Å². The van der Waals surface area contributed by atoms with Gasteiger partial charge in [-0.1, -0.05) is 0 Å². The molecule has 1 amide bonds. The van der Waals surface area contributed by atoms with Crippen molar-refractivity contribution in [1.82, 2.24) is 15.3 Å². The van der Waals surface area contributed by atoms with Crippen molar-refractivity contribution in [1.29, 1.82) is 0 Å². The summed E-state index contributed by atoms with van der Waals surface area (Å²) in [7, 11) is 0. The lowest BCUT2D eigenvalue weighted by atomic mass is 10.1. The number of hydrogen-bond acceptors (Lipinski definition) is 5.